The molecule has 0 spiro atoms. The number of ether oxygens (including phenoxy) is 1. The van der Waals surface area contributed by atoms with Gasteiger partial charge in [-0.1, -0.05) is 71.3 Å². The molecule has 0 aliphatic rings. The molecule has 0 fully saturated rings. The highest BCUT2D eigenvalue weighted by atomic mass is 79.9. The van der Waals surface area contributed by atoms with E-state index in [1.165, 1.54) is 37.2 Å². The number of nitrogens with zero attached hydrogens (tertiary/aromatic N) is 4. The fraction of sp³-hybridized carbons (Fsp3) is 0.538. The van der Waals surface area contributed by atoms with E-state index in [0.717, 1.165) is 0 Å². The van der Waals surface area contributed by atoms with Gasteiger partial charge in [-0.3, -0.25) is 29.1 Å². The number of aromatic nitrogens is 4. The van der Waals surface area contributed by atoms with Crippen molar-refractivity contribution in [3.63, 3.8) is 0 Å². The highest BCUT2D eigenvalue weighted by Gasteiger charge is 2.28. The van der Waals surface area contributed by atoms with Gasteiger partial charge in [0.2, 0.25) is 5.78 Å². The molecule has 11 heteroatoms. The minimum Gasteiger partial charge on any atom is -0.481 e. The second-order valence-electron chi connectivity index (χ2n) is 10.3. The molecule has 2 atom stereocenters. The summed E-state index contributed by atoms with van der Waals surface area (Å²) < 4.78 is 4.99. The van der Waals surface area contributed by atoms with Crippen LogP contribution in [0.4, 0.5) is 0 Å². The van der Waals surface area contributed by atoms with Gasteiger partial charge in [0.15, 0.2) is 12.4 Å². The fourth-order valence-corrected chi connectivity index (χ4v) is 2.30. The lowest BCUT2D eigenvalue weighted by atomic mass is 9.82. The highest BCUT2D eigenvalue weighted by Crippen LogP contribution is 2.26. The average Bonchev–Trinajstić information content (AvgIpc) is 2.86. The van der Waals surface area contributed by atoms with Crippen molar-refractivity contribution in [3.05, 3.63) is 48.6 Å². The molecule has 0 aromatic carbocycles. The summed E-state index contributed by atoms with van der Waals surface area (Å²) >= 11 is 3.03. The van der Waals surface area contributed by atoms with Gasteiger partial charge in [0.1, 0.15) is 11.4 Å². The molecule has 2 heterocycles. The first-order valence-electron chi connectivity index (χ1n) is 11.6. The van der Waals surface area contributed by atoms with Crippen LogP contribution in [0.1, 0.15) is 76.4 Å². The van der Waals surface area contributed by atoms with Crippen molar-refractivity contribution in [2.75, 3.05) is 11.9 Å². The van der Waals surface area contributed by atoms with Gasteiger partial charge in [0.05, 0.1) is 29.6 Å². The summed E-state index contributed by atoms with van der Waals surface area (Å²) in [5.41, 5.74) is 0.298. The van der Waals surface area contributed by atoms with E-state index in [1.54, 1.807) is 13.8 Å². The van der Waals surface area contributed by atoms with E-state index >= 15 is 0 Å². The summed E-state index contributed by atoms with van der Waals surface area (Å²) in [6, 6.07) is 0. The van der Waals surface area contributed by atoms with Crippen molar-refractivity contribution in [2.24, 2.45) is 22.7 Å². The van der Waals surface area contributed by atoms with Gasteiger partial charge in [0.25, 0.3) is 0 Å². The summed E-state index contributed by atoms with van der Waals surface area (Å²) in [5.74, 6) is -2.03. The molecule has 0 bridgehead atoms. The minimum absolute atomic E-state index is 0.0481. The Morgan fingerprint density at radius 3 is 1.54 bits per heavy atom. The molecule has 0 aliphatic heterocycles. The van der Waals surface area contributed by atoms with E-state index in [0.29, 0.717) is 11.0 Å². The van der Waals surface area contributed by atoms with Crippen molar-refractivity contribution < 1.29 is 29.0 Å². The van der Waals surface area contributed by atoms with Crippen molar-refractivity contribution in [1.82, 2.24) is 19.9 Å². The summed E-state index contributed by atoms with van der Waals surface area (Å²) in [4.78, 5) is 59.8. The van der Waals surface area contributed by atoms with Gasteiger partial charge in [0, 0.05) is 24.8 Å². The molecule has 0 radical (unpaired) electrons. The Morgan fingerprint density at radius 2 is 1.24 bits per heavy atom. The van der Waals surface area contributed by atoms with Gasteiger partial charge in [-0.2, -0.15) is 0 Å². The van der Waals surface area contributed by atoms with Crippen LogP contribution in [0, 0.1) is 22.7 Å². The van der Waals surface area contributed by atoms with Crippen molar-refractivity contribution in [2.45, 2.75) is 55.4 Å². The van der Waals surface area contributed by atoms with E-state index in [9.17, 15) is 19.2 Å². The maximum atomic E-state index is 11.7. The van der Waals surface area contributed by atoms with Crippen molar-refractivity contribution in [1.29, 1.82) is 0 Å². The first kappa shape index (κ1) is 33.9. The summed E-state index contributed by atoms with van der Waals surface area (Å²) in [6.07, 6.45) is 8.73. The van der Waals surface area contributed by atoms with E-state index in [2.05, 4.69) is 35.9 Å². The zero-order valence-corrected chi connectivity index (χ0v) is 24.3. The fourth-order valence-electron chi connectivity index (χ4n) is 2.01. The number of aliphatic carboxylic acids is 1. The maximum Gasteiger partial charge on any atom is 0.309 e. The minimum atomic E-state index is -0.720. The molecule has 2 rings (SSSR count). The summed E-state index contributed by atoms with van der Waals surface area (Å²) in [5, 5.41) is 8.81. The summed E-state index contributed by atoms with van der Waals surface area (Å²) in [7, 11) is 0. The number of rotatable bonds is 7. The largest absolute Gasteiger partial charge is 0.481 e. The lowest BCUT2D eigenvalue weighted by molar-refractivity contribution is -0.150. The second kappa shape index (κ2) is 15.9. The molecular formula is C26H37BrN4O6. The zero-order chi connectivity index (χ0) is 28.8. The number of halogens is 1. The first-order valence-corrected chi connectivity index (χ1v) is 12.7. The van der Waals surface area contributed by atoms with Crippen LogP contribution in [0.25, 0.3) is 0 Å². The highest BCUT2D eigenvalue weighted by molar-refractivity contribution is 9.09. The van der Waals surface area contributed by atoms with Crippen molar-refractivity contribution in [3.8, 4) is 0 Å². The Balaban J connectivity index is 0.000000577. The predicted molar refractivity (Wildman–Crippen MR) is 142 cm³/mol. The van der Waals surface area contributed by atoms with Crippen LogP contribution in [0.2, 0.25) is 0 Å². The quantitative estimate of drug-likeness (QED) is 0.277. The molecule has 2 aromatic rings. The molecule has 0 unspecified atom stereocenters. The third kappa shape index (κ3) is 13.7. The lowest BCUT2D eigenvalue weighted by Gasteiger charge is -2.24. The molecular weight excluding hydrogens is 544 g/mol. The molecule has 2 aromatic heterocycles. The number of carboxylic acid groups (broad SMARTS) is 1. The van der Waals surface area contributed by atoms with E-state index in [1.807, 2.05) is 41.5 Å². The Morgan fingerprint density at radius 1 is 0.811 bits per heavy atom. The molecule has 1 N–H and O–H groups in total. The Kier molecular flexibility index (Phi) is 14.6. The number of carbonyl (C=O) groups excluding carboxylic acids is 3. The maximum absolute atomic E-state index is 11.7. The van der Waals surface area contributed by atoms with Crippen LogP contribution >= 0.6 is 15.9 Å². The number of esters is 1. The standard InChI is InChI=1S/C13H18N2O3.C7H14O2.C6H5BrN2O/c1-9(13(2,3)4)12(17)18-8-11(16)10-7-14-5-6-15-10;1-5(6(8)9)7(2,3)4;7-3-6(10)5-4-8-1-2-9-5/h5-7,9H,8H2,1-4H3;5H,1-4H3,(H,8,9);1-2,4H,3H2/t9-;5-;/m00./s1. The van der Waals surface area contributed by atoms with Crippen LogP contribution in [0.5, 0.6) is 0 Å². The normalized spacial score (nSPS) is 12.5. The third-order valence-electron chi connectivity index (χ3n) is 5.49. The van der Waals surface area contributed by atoms with Crippen LogP contribution in [0.15, 0.2) is 37.2 Å². The molecule has 0 saturated carbocycles. The monoisotopic (exact) mass is 580 g/mol. The first-order chi connectivity index (χ1) is 17.0. The molecule has 0 saturated heterocycles. The number of hydrogen-bond acceptors (Lipinski definition) is 9. The number of ketones is 2. The second-order valence-corrected chi connectivity index (χ2v) is 10.8. The van der Waals surface area contributed by atoms with Gasteiger partial charge in [-0.15, -0.1) is 0 Å². The van der Waals surface area contributed by atoms with Gasteiger partial charge >= 0.3 is 11.9 Å². The number of carbonyl (C=O) groups is 4. The van der Waals surface area contributed by atoms with E-state index in [-0.39, 0.29) is 52.5 Å². The number of Topliss-reactive ketones (excluding diaryl/α,β-unsaturated/α-hetero) is 2. The Labute approximate surface area is 226 Å². The Bertz CT molecular complexity index is 1010. The Hall–Kier alpha value is -3.08. The lowest BCUT2D eigenvalue weighted by Crippen LogP contribution is -2.29. The van der Waals surface area contributed by atoms with E-state index < -0.39 is 5.97 Å². The molecule has 10 nitrogen and oxygen atoms in total. The number of carboxylic acids is 1. The van der Waals surface area contributed by atoms with Crippen LogP contribution in [0.3, 0.4) is 0 Å². The number of alkyl halides is 1. The van der Waals surface area contributed by atoms with Gasteiger partial charge in [-0.25, -0.2) is 9.97 Å². The smallest absolute Gasteiger partial charge is 0.309 e. The third-order valence-corrected chi connectivity index (χ3v) is 6.00. The summed E-state index contributed by atoms with van der Waals surface area (Å²) in [6.45, 7) is 14.8. The van der Waals surface area contributed by atoms with Crippen LogP contribution in [-0.2, 0) is 14.3 Å². The van der Waals surface area contributed by atoms with Gasteiger partial charge in [-0.05, 0) is 10.8 Å². The zero-order valence-electron chi connectivity index (χ0n) is 22.7. The van der Waals surface area contributed by atoms with E-state index in [4.69, 9.17) is 9.84 Å². The number of hydrogen-bond donors (Lipinski definition) is 1. The average molecular weight is 582 g/mol. The topological polar surface area (TPSA) is 149 Å². The van der Waals surface area contributed by atoms with Crippen molar-refractivity contribution >= 4 is 39.4 Å². The molecule has 37 heavy (non-hydrogen) atoms. The van der Waals surface area contributed by atoms with Gasteiger partial charge < -0.3 is 9.84 Å². The van der Waals surface area contributed by atoms with Crippen LogP contribution < -0.4 is 0 Å². The molecule has 204 valence electrons. The SMILES string of the molecule is C[C@@H](C(=O)O)C(C)(C)C.C[C@@H](C(=O)OCC(=O)c1cnccn1)C(C)(C)C.O=C(CBr)c1cnccn1. The molecule has 0 amide bonds. The molecule has 0 aliphatic carbocycles. The predicted octanol–water partition coefficient (Wildman–Crippen LogP) is 4.69. The van der Waals surface area contributed by atoms with Crippen LogP contribution in [-0.4, -0.2) is 60.5 Å².